The molecule has 9 nitrogen and oxygen atoms in total. The van der Waals surface area contributed by atoms with Gasteiger partial charge in [-0.25, -0.2) is 4.98 Å². The van der Waals surface area contributed by atoms with Crippen LogP contribution in [0.5, 0.6) is 0 Å². The smallest absolute Gasteiger partial charge is 0.249 e. The lowest BCUT2D eigenvalue weighted by atomic mass is 10.00. The van der Waals surface area contributed by atoms with E-state index in [4.69, 9.17) is 17.3 Å². The predicted molar refractivity (Wildman–Crippen MR) is 137 cm³/mol. The van der Waals surface area contributed by atoms with Gasteiger partial charge in [-0.2, -0.15) is 0 Å². The molecule has 0 aliphatic carbocycles. The van der Waals surface area contributed by atoms with Crippen LogP contribution in [-0.2, 0) is 16.0 Å². The number of aromatic nitrogens is 1. The quantitative estimate of drug-likeness (QED) is 0.586. The van der Waals surface area contributed by atoms with Gasteiger partial charge in [0.25, 0.3) is 0 Å². The first-order chi connectivity index (χ1) is 17.3. The summed E-state index contributed by atoms with van der Waals surface area (Å²) in [5.41, 5.74) is 7.03. The van der Waals surface area contributed by atoms with E-state index in [0.717, 1.165) is 12.8 Å². The maximum absolute atomic E-state index is 13.0. The van der Waals surface area contributed by atoms with Crippen LogP contribution in [0, 0.1) is 0 Å². The standard InChI is InChI=1S/C25H30ClN5O4S/c26-15-1-4-20(24(27)35)21(9-15)25-28-16(14-36-25)10-22(33)30-7-5-29(6-8-30)13-23(34)31-17-2-3-18(31)12-19(32)11-17/h1,4,9,14,17-19,32H,2-3,5-8,10-13H2,(H2,27,35)/t17-,18+,19+. The molecule has 192 valence electrons. The highest BCUT2D eigenvalue weighted by molar-refractivity contribution is 7.13. The van der Waals surface area contributed by atoms with Crippen LogP contribution >= 0.6 is 22.9 Å². The van der Waals surface area contributed by atoms with E-state index in [2.05, 4.69) is 9.88 Å². The van der Waals surface area contributed by atoms with Gasteiger partial charge in [0.2, 0.25) is 17.7 Å². The van der Waals surface area contributed by atoms with Crippen molar-refractivity contribution in [2.75, 3.05) is 32.7 Å². The Morgan fingerprint density at radius 2 is 1.78 bits per heavy atom. The van der Waals surface area contributed by atoms with Crippen LogP contribution < -0.4 is 5.73 Å². The number of rotatable bonds is 6. The molecule has 11 heteroatoms. The molecule has 3 amide bonds. The molecule has 0 unspecified atom stereocenters. The first-order valence-corrected chi connectivity index (χ1v) is 13.6. The summed E-state index contributed by atoms with van der Waals surface area (Å²) in [6.07, 6.45) is 3.21. The number of fused-ring (bicyclic) bond motifs is 2. The molecule has 36 heavy (non-hydrogen) atoms. The van der Waals surface area contributed by atoms with Crippen molar-refractivity contribution in [3.05, 3.63) is 39.9 Å². The number of thiazole rings is 1. The fourth-order valence-corrected chi connectivity index (χ4v) is 6.69. The lowest BCUT2D eigenvalue weighted by Crippen LogP contribution is -2.54. The molecule has 5 rings (SSSR count). The van der Waals surface area contributed by atoms with Gasteiger partial charge in [0.05, 0.1) is 24.8 Å². The van der Waals surface area contributed by atoms with Crippen molar-refractivity contribution in [1.82, 2.24) is 19.7 Å². The second-order valence-corrected chi connectivity index (χ2v) is 11.1. The fraction of sp³-hybridized carbons (Fsp3) is 0.520. The summed E-state index contributed by atoms with van der Waals surface area (Å²) in [5.74, 6) is -0.431. The van der Waals surface area contributed by atoms with Crippen LogP contribution in [0.25, 0.3) is 10.6 Å². The van der Waals surface area contributed by atoms with E-state index < -0.39 is 5.91 Å². The molecule has 3 aliphatic rings. The zero-order valence-corrected chi connectivity index (χ0v) is 21.5. The van der Waals surface area contributed by atoms with Crippen LogP contribution in [0.3, 0.4) is 0 Å². The van der Waals surface area contributed by atoms with Crippen molar-refractivity contribution in [1.29, 1.82) is 0 Å². The Kier molecular flexibility index (Phi) is 7.30. The van der Waals surface area contributed by atoms with Crippen LogP contribution in [0.15, 0.2) is 23.6 Å². The maximum Gasteiger partial charge on any atom is 0.249 e. The number of amides is 3. The van der Waals surface area contributed by atoms with Crippen molar-refractivity contribution in [3.8, 4) is 10.6 Å². The average molecular weight is 532 g/mol. The molecule has 3 atom stereocenters. The summed E-state index contributed by atoms with van der Waals surface area (Å²) < 4.78 is 0. The molecule has 3 fully saturated rings. The van der Waals surface area contributed by atoms with Crippen molar-refractivity contribution in [3.63, 3.8) is 0 Å². The summed E-state index contributed by atoms with van der Waals surface area (Å²) in [4.78, 5) is 48.2. The molecule has 2 bridgehead atoms. The van der Waals surface area contributed by atoms with Gasteiger partial charge < -0.3 is 20.6 Å². The number of nitrogens with zero attached hydrogens (tertiary/aromatic N) is 4. The molecule has 4 heterocycles. The molecule has 0 spiro atoms. The van der Waals surface area contributed by atoms with Gasteiger partial charge in [0.15, 0.2) is 0 Å². The number of halogens is 1. The number of aliphatic hydroxyl groups excluding tert-OH is 1. The Morgan fingerprint density at radius 1 is 1.08 bits per heavy atom. The highest BCUT2D eigenvalue weighted by atomic mass is 35.5. The molecular formula is C25H30ClN5O4S. The summed E-state index contributed by atoms with van der Waals surface area (Å²) >= 11 is 7.44. The minimum atomic E-state index is -0.559. The molecule has 1 aromatic carbocycles. The number of carbonyl (C=O) groups is 3. The van der Waals surface area contributed by atoms with Crippen LogP contribution in [0.1, 0.15) is 41.7 Å². The summed E-state index contributed by atoms with van der Waals surface area (Å²) in [6.45, 7) is 2.79. The van der Waals surface area contributed by atoms with Gasteiger partial charge in [0.1, 0.15) is 5.01 Å². The van der Waals surface area contributed by atoms with Gasteiger partial charge in [0, 0.05) is 59.8 Å². The summed E-state index contributed by atoms with van der Waals surface area (Å²) in [6, 6.07) is 5.18. The SMILES string of the molecule is NC(=O)c1ccc(Cl)cc1-c1nc(CC(=O)N2CCN(CC(=O)N3[C@@H]4CC[C@H]3C[C@@H](O)C4)CC2)cs1. The largest absolute Gasteiger partial charge is 0.393 e. The number of piperidine rings is 1. The lowest BCUT2D eigenvalue weighted by Gasteiger charge is -2.40. The second-order valence-electron chi connectivity index (χ2n) is 9.84. The zero-order valence-electron chi connectivity index (χ0n) is 19.9. The number of piperazine rings is 1. The number of hydrogen-bond acceptors (Lipinski definition) is 7. The normalized spacial score (nSPS) is 24.2. The maximum atomic E-state index is 13.0. The Balaban J connectivity index is 1.14. The zero-order chi connectivity index (χ0) is 25.4. The molecule has 3 aliphatic heterocycles. The first kappa shape index (κ1) is 25.1. The minimum absolute atomic E-state index is 0.0119. The molecular weight excluding hydrogens is 502 g/mol. The van der Waals surface area contributed by atoms with E-state index in [1.807, 2.05) is 15.2 Å². The van der Waals surface area contributed by atoms with Crippen molar-refractivity contribution in [2.24, 2.45) is 5.73 Å². The van der Waals surface area contributed by atoms with E-state index in [-0.39, 0.29) is 36.4 Å². The Hall–Kier alpha value is -2.53. The topological polar surface area (TPSA) is 120 Å². The predicted octanol–water partition coefficient (Wildman–Crippen LogP) is 1.76. The highest BCUT2D eigenvalue weighted by Crippen LogP contribution is 2.36. The van der Waals surface area contributed by atoms with Crippen LogP contribution in [-0.4, -0.2) is 93.4 Å². The first-order valence-electron chi connectivity index (χ1n) is 12.3. The van der Waals surface area contributed by atoms with E-state index >= 15 is 0 Å². The van der Waals surface area contributed by atoms with Gasteiger partial charge in [-0.15, -0.1) is 11.3 Å². The molecule has 3 N–H and O–H groups in total. The monoisotopic (exact) mass is 531 g/mol. The third-order valence-corrected chi connectivity index (χ3v) is 8.60. The Labute approximate surface area is 218 Å². The van der Waals surface area contributed by atoms with E-state index in [1.165, 1.54) is 11.3 Å². The lowest BCUT2D eigenvalue weighted by molar-refractivity contribution is -0.139. The molecule has 2 aromatic rings. The highest BCUT2D eigenvalue weighted by Gasteiger charge is 2.43. The Bertz CT molecular complexity index is 1150. The van der Waals surface area contributed by atoms with Crippen molar-refractivity contribution in [2.45, 2.75) is 50.3 Å². The van der Waals surface area contributed by atoms with Crippen LogP contribution in [0.2, 0.25) is 5.02 Å². The molecule has 1 aromatic heterocycles. The third kappa shape index (κ3) is 5.27. The number of benzene rings is 1. The number of aliphatic hydroxyl groups is 1. The second kappa shape index (κ2) is 10.5. The van der Waals surface area contributed by atoms with E-state index in [0.29, 0.717) is 72.4 Å². The molecule has 0 saturated carbocycles. The van der Waals surface area contributed by atoms with Crippen LogP contribution in [0.4, 0.5) is 0 Å². The minimum Gasteiger partial charge on any atom is -0.393 e. The van der Waals surface area contributed by atoms with Gasteiger partial charge in [-0.3, -0.25) is 19.3 Å². The van der Waals surface area contributed by atoms with Gasteiger partial charge in [-0.1, -0.05) is 11.6 Å². The summed E-state index contributed by atoms with van der Waals surface area (Å²) in [5, 5.41) is 12.9. The van der Waals surface area contributed by atoms with E-state index in [9.17, 15) is 19.5 Å². The number of primary amides is 1. The molecule has 0 radical (unpaired) electrons. The van der Waals surface area contributed by atoms with Gasteiger partial charge in [-0.05, 0) is 43.9 Å². The molecule has 3 saturated heterocycles. The average Bonchev–Trinajstić information content (AvgIpc) is 3.41. The number of hydrogen-bond donors (Lipinski definition) is 2. The summed E-state index contributed by atoms with van der Waals surface area (Å²) in [7, 11) is 0. The third-order valence-electron chi connectivity index (χ3n) is 7.44. The number of nitrogens with two attached hydrogens (primary N) is 1. The van der Waals surface area contributed by atoms with Crippen molar-refractivity contribution >= 4 is 40.7 Å². The Morgan fingerprint density at radius 3 is 2.44 bits per heavy atom. The fourth-order valence-electron chi connectivity index (χ4n) is 5.67. The number of carbonyl (C=O) groups excluding carboxylic acids is 3. The van der Waals surface area contributed by atoms with Crippen molar-refractivity contribution < 1.29 is 19.5 Å². The van der Waals surface area contributed by atoms with Gasteiger partial charge >= 0.3 is 0 Å². The van der Waals surface area contributed by atoms with E-state index in [1.54, 1.807) is 18.2 Å².